The molecule has 0 fully saturated rings. The van der Waals surface area contributed by atoms with E-state index in [2.05, 4.69) is 0 Å². The Hall–Kier alpha value is -1.97. The van der Waals surface area contributed by atoms with Crippen molar-refractivity contribution in [2.45, 2.75) is 12.2 Å². The van der Waals surface area contributed by atoms with Crippen molar-refractivity contribution in [3.8, 4) is 23.3 Å². The monoisotopic (exact) mass is 211 g/mol. The van der Waals surface area contributed by atoms with Crippen LogP contribution < -0.4 is 0 Å². The molecule has 1 aromatic carbocycles. The number of hydrogen-bond donors (Lipinski definition) is 5. The minimum Gasteiger partial charge on any atom is -0.508 e. The van der Waals surface area contributed by atoms with Crippen LogP contribution in [0, 0.1) is 11.3 Å². The summed E-state index contributed by atoms with van der Waals surface area (Å²) in [6, 6.07) is 3.11. The molecule has 0 spiro atoms. The molecule has 0 aromatic heterocycles. The van der Waals surface area contributed by atoms with Crippen LogP contribution in [0.3, 0.4) is 0 Å². The molecule has 80 valence electrons. The van der Waals surface area contributed by atoms with Crippen molar-refractivity contribution in [2.24, 2.45) is 0 Å². The molecule has 0 aliphatic carbocycles. The second-order valence-corrected chi connectivity index (χ2v) is 2.92. The fourth-order valence-corrected chi connectivity index (χ4v) is 1.14. The number of nitrogens with zero attached hydrogens (tertiary/aromatic N) is 1. The van der Waals surface area contributed by atoms with E-state index in [0.29, 0.717) is 0 Å². The van der Waals surface area contributed by atoms with E-state index in [0.717, 1.165) is 12.1 Å². The fourth-order valence-electron chi connectivity index (χ4n) is 1.14. The molecule has 6 heteroatoms. The zero-order chi connectivity index (χ0) is 11.6. The lowest BCUT2D eigenvalue weighted by Gasteiger charge is -2.15. The van der Waals surface area contributed by atoms with Gasteiger partial charge in [-0.3, -0.25) is 0 Å². The van der Waals surface area contributed by atoms with Crippen molar-refractivity contribution in [1.82, 2.24) is 0 Å². The first-order valence-corrected chi connectivity index (χ1v) is 3.98. The van der Waals surface area contributed by atoms with E-state index in [-0.39, 0.29) is 0 Å². The van der Waals surface area contributed by atoms with E-state index < -0.39 is 35.0 Å². The van der Waals surface area contributed by atoms with Gasteiger partial charge >= 0.3 is 0 Å². The van der Waals surface area contributed by atoms with Crippen LogP contribution in [0.15, 0.2) is 12.1 Å². The highest BCUT2D eigenvalue weighted by molar-refractivity contribution is 5.50. The molecule has 2 atom stereocenters. The lowest BCUT2D eigenvalue weighted by atomic mass is 10.0. The molecule has 5 N–H and O–H groups in total. The summed E-state index contributed by atoms with van der Waals surface area (Å²) in [5.41, 5.74) is -0.401. The second-order valence-electron chi connectivity index (χ2n) is 2.92. The number of aliphatic hydroxyl groups is 2. The largest absolute Gasteiger partial charge is 0.508 e. The minimum absolute atomic E-state index is 0.396. The molecule has 0 bridgehead atoms. The molecule has 2 unspecified atom stereocenters. The van der Waals surface area contributed by atoms with Crippen LogP contribution in [0.25, 0.3) is 0 Å². The van der Waals surface area contributed by atoms with Crippen molar-refractivity contribution in [3.05, 3.63) is 17.7 Å². The maximum atomic E-state index is 9.37. The topological polar surface area (TPSA) is 125 Å². The van der Waals surface area contributed by atoms with Crippen LogP contribution in [0.4, 0.5) is 0 Å². The molecule has 0 heterocycles. The maximum absolute atomic E-state index is 9.37. The van der Waals surface area contributed by atoms with Crippen LogP contribution in [0.1, 0.15) is 11.7 Å². The maximum Gasteiger partial charge on any atom is 0.170 e. The predicted molar refractivity (Wildman–Crippen MR) is 48.0 cm³/mol. The molecule has 1 rings (SSSR count). The molecule has 0 saturated carbocycles. The molecular formula is C9H9NO5. The van der Waals surface area contributed by atoms with Gasteiger partial charge in [-0.05, 0) is 0 Å². The highest BCUT2D eigenvalue weighted by Crippen LogP contribution is 2.37. The van der Waals surface area contributed by atoms with Gasteiger partial charge in [-0.15, -0.1) is 0 Å². The van der Waals surface area contributed by atoms with Crippen LogP contribution in [-0.4, -0.2) is 31.6 Å². The zero-order valence-corrected chi connectivity index (χ0v) is 7.49. The Balaban J connectivity index is 3.21. The van der Waals surface area contributed by atoms with Crippen LogP contribution in [0.2, 0.25) is 0 Å². The van der Waals surface area contributed by atoms with Gasteiger partial charge in [0, 0.05) is 12.1 Å². The first kappa shape index (κ1) is 11.1. The molecule has 0 saturated heterocycles. The Bertz CT molecular complexity index is 388. The van der Waals surface area contributed by atoms with E-state index in [1.165, 1.54) is 6.07 Å². The van der Waals surface area contributed by atoms with Gasteiger partial charge in [-0.1, -0.05) is 0 Å². The van der Waals surface area contributed by atoms with Crippen LogP contribution in [-0.2, 0) is 0 Å². The van der Waals surface area contributed by atoms with Gasteiger partial charge in [-0.2, -0.15) is 5.26 Å². The molecule has 6 nitrogen and oxygen atoms in total. The molecule has 0 aliphatic rings. The van der Waals surface area contributed by atoms with Gasteiger partial charge in [0.05, 0.1) is 11.6 Å². The smallest absolute Gasteiger partial charge is 0.170 e. The number of rotatable bonds is 2. The summed E-state index contributed by atoms with van der Waals surface area (Å²) in [6.07, 6.45) is -3.51. The van der Waals surface area contributed by atoms with Gasteiger partial charge < -0.3 is 25.5 Å². The van der Waals surface area contributed by atoms with E-state index in [1.54, 1.807) is 0 Å². The van der Waals surface area contributed by atoms with Gasteiger partial charge in [0.2, 0.25) is 0 Å². The Morgan fingerprint density at radius 2 is 1.53 bits per heavy atom. The van der Waals surface area contributed by atoms with E-state index in [1.807, 2.05) is 0 Å². The van der Waals surface area contributed by atoms with Gasteiger partial charge in [0.15, 0.2) is 6.10 Å². The summed E-state index contributed by atoms with van der Waals surface area (Å²) < 4.78 is 0. The first-order chi connectivity index (χ1) is 6.97. The van der Waals surface area contributed by atoms with E-state index >= 15 is 0 Å². The normalized spacial score (nSPS) is 14.2. The number of benzene rings is 1. The van der Waals surface area contributed by atoms with Crippen LogP contribution in [0.5, 0.6) is 17.2 Å². The van der Waals surface area contributed by atoms with Gasteiger partial charge in [0.1, 0.15) is 23.4 Å². The average Bonchev–Trinajstić information content (AvgIpc) is 2.14. The van der Waals surface area contributed by atoms with Gasteiger partial charge in [-0.25, -0.2) is 0 Å². The summed E-state index contributed by atoms with van der Waals surface area (Å²) in [5.74, 6) is -1.60. The Labute approximate surface area is 84.9 Å². The standard InChI is InChI=1S/C9H9NO5/c10-3-7(14)9(15)8-5(12)1-4(11)2-6(8)13/h1-2,7,9,11-15H. The third-order valence-electron chi connectivity index (χ3n) is 1.85. The summed E-state index contributed by atoms with van der Waals surface area (Å²) in [5, 5.41) is 54.2. The van der Waals surface area contributed by atoms with Crippen molar-refractivity contribution < 1.29 is 25.5 Å². The fraction of sp³-hybridized carbons (Fsp3) is 0.222. The Kier molecular flexibility index (Phi) is 2.99. The highest BCUT2D eigenvalue weighted by atomic mass is 16.3. The summed E-state index contributed by atoms with van der Waals surface area (Å²) in [4.78, 5) is 0. The predicted octanol–water partition coefficient (Wildman–Crippen LogP) is -0.279. The molecule has 15 heavy (non-hydrogen) atoms. The zero-order valence-electron chi connectivity index (χ0n) is 7.49. The number of aromatic hydroxyl groups is 3. The number of hydrogen-bond acceptors (Lipinski definition) is 6. The minimum atomic E-state index is -1.77. The summed E-state index contributed by atoms with van der Waals surface area (Å²) in [6.45, 7) is 0. The molecular weight excluding hydrogens is 202 g/mol. The second kappa shape index (κ2) is 4.04. The summed E-state index contributed by atoms with van der Waals surface area (Å²) >= 11 is 0. The SMILES string of the molecule is N#CC(O)C(O)c1c(O)cc(O)cc1O. The summed E-state index contributed by atoms with van der Waals surface area (Å²) in [7, 11) is 0. The van der Waals surface area contributed by atoms with E-state index in [4.69, 9.17) is 15.5 Å². The number of phenols is 3. The number of nitriles is 1. The third-order valence-corrected chi connectivity index (χ3v) is 1.85. The van der Waals surface area contributed by atoms with Crippen molar-refractivity contribution in [1.29, 1.82) is 5.26 Å². The lowest BCUT2D eigenvalue weighted by molar-refractivity contribution is 0.0493. The third kappa shape index (κ3) is 2.10. The quantitative estimate of drug-likeness (QED) is 0.428. The molecule has 1 aromatic rings. The number of phenolic OH excluding ortho intramolecular Hbond substituents is 3. The van der Waals surface area contributed by atoms with Crippen LogP contribution >= 0.6 is 0 Å². The van der Waals surface area contributed by atoms with E-state index in [9.17, 15) is 15.3 Å². The highest BCUT2D eigenvalue weighted by Gasteiger charge is 2.24. The Morgan fingerprint density at radius 1 is 1.07 bits per heavy atom. The van der Waals surface area contributed by atoms with Crippen molar-refractivity contribution in [3.63, 3.8) is 0 Å². The van der Waals surface area contributed by atoms with Crippen molar-refractivity contribution >= 4 is 0 Å². The molecule has 0 amide bonds. The first-order valence-electron chi connectivity index (χ1n) is 3.98. The Morgan fingerprint density at radius 3 is 1.93 bits per heavy atom. The number of aliphatic hydroxyl groups excluding tert-OH is 2. The van der Waals surface area contributed by atoms with Crippen molar-refractivity contribution in [2.75, 3.05) is 0 Å². The lowest BCUT2D eigenvalue weighted by Crippen LogP contribution is -2.16. The van der Waals surface area contributed by atoms with Gasteiger partial charge in [0.25, 0.3) is 0 Å². The molecule has 0 radical (unpaired) electrons. The molecule has 0 aliphatic heterocycles. The average molecular weight is 211 g/mol.